The van der Waals surface area contributed by atoms with E-state index in [-0.39, 0.29) is 5.78 Å². The SMILES string of the molecule is CC/C(C)=N/c1cccc(C(C)=O)c1. The first-order valence-corrected chi connectivity index (χ1v) is 4.78. The van der Waals surface area contributed by atoms with Crippen molar-refractivity contribution in [3.63, 3.8) is 0 Å². The predicted molar refractivity (Wildman–Crippen MR) is 59.5 cm³/mol. The number of Topliss-reactive ketones (excluding diaryl/α,β-unsaturated/α-hetero) is 1. The largest absolute Gasteiger partial charge is 0.295 e. The minimum Gasteiger partial charge on any atom is -0.295 e. The number of hydrogen-bond acceptors (Lipinski definition) is 2. The average molecular weight is 189 g/mol. The maximum atomic E-state index is 11.1. The van der Waals surface area contributed by atoms with E-state index in [9.17, 15) is 4.79 Å². The van der Waals surface area contributed by atoms with Crippen molar-refractivity contribution in [1.29, 1.82) is 0 Å². The van der Waals surface area contributed by atoms with Crippen molar-refractivity contribution in [3.8, 4) is 0 Å². The molecule has 0 spiro atoms. The van der Waals surface area contributed by atoms with Crippen LogP contribution in [0.4, 0.5) is 5.69 Å². The zero-order valence-corrected chi connectivity index (χ0v) is 8.87. The highest BCUT2D eigenvalue weighted by Crippen LogP contribution is 2.15. The lowest BCUT2D eigenvalue weighted by atomic mass is 10.1. The number of carbonyl (C=O) groups excluding carboxylic acids is 1. The summed E-state index contributed by atoms with van der Waals surface area (Å²) in [6.45, 7) is 5.61. The van der Waals surface area contributed by atoms with Crippen LogP contribution in [0.25, 0.3) is 0 Å². The number of hydrogen-bond donors (Lipinski definition) is 0. The van der Waals surface area contributed by atoms with Gasteiger partial charge in [-0.15, -0.1) is 0 Å². The van der Waals surface area contributed by atoms with Crippen LogP contribution < -0.4 is 0 Å². The summed E-state index contributed by atoms with van der Waals surface area (Å²) in [4.78, 5) is 15.5. The fraction of sp³-hybridized carbons (Fsp3) is 0.333. The zero-order valence-electron chi connectivity index (χ0n) is 8.87. The van der Waals surface area contributed by atoms with E-state index in [1.807, 2.05) is 31.2 Å². The quantitative estimate of drug-likeness (QED) is 0.529. The Morgan fingerprint density at radius 2 is 2.07 bits per heavy atom. The van der Waals surface area contributed by atoms with Gasteiger partial charge in [-0.3, -0.25) is 9.79 Å². The van der Waals surface area contributed by atoms with Gasteiger partial charge in [0.05, 0.1) is 5.69 Å². The van der Waals surface area contributed by atoms with Gasteiger partial charge in [0.25, 0.3) is 0 Å². The van der Waals surface area contributed by atoms with Crippen molar-refractivity contribution in [3.05, 3.63) is 29.8 Å². The van der Waals surface area contributed by atoms with E-state index < -0.39 is 0 Å². The van der Waals surface area contributed by atoms with Crippen molar-refractivity contribution in [1.82, 2.24) is 0 Å². The molecule has 0 fully saturated rings. The Kier molecular flexibility index (Phi) is 3.57. The van der Waals surface area contributed by atoms with Crippen LogP contribution in [0.15, 0.2) is 29.3 Å². The predicted octanol–water partition coefficient (Wildman–Crippen LogP) is 3.39. The molecule has 1 rings (SSSR count). The molecule has 0 aromatic heterocycles. The van der Waals surface area contributed by atoms with Crippen LogP contribution in [0.1, 0.15) is 37.6 Å². The molecular weight excluding hydrogens is 174 g/mol. The first-order valence-electron chi connectivity index (χ1n) is 4.78. The molecule has 0 heterocycles. The van der Waals surface area contributed by atoms with E-state index in [4.69, 9.17) is 0 Å². The molecule has 0 atom stereocenters. The fourth-order valence-corrected chi connectivity index (χ4v) is 1.09. The van der Waals surface area contributed by atoms with Crippen LogP contribution >= 0.6 is 0 Å². The lowest BCUT2D eigenvalue weighted by molar-refractivity contribution is 0.101. The molecule has 0 aliphatic heterocycles. The highest BCUT2D eigenvalue weighted by atomic mass is 16.1. The molecule has 1 aromatic rings. The highest BCUT2D eigenvalue weighted by Gasteiger charge is 1.99. The Balaban J connectivity index is 3.00. The maximum absolute atomic E-state index is 11.1. The first kappa shape index (κ1) is 10.6. The monoisotopic (exact) mass is 189 g/mol. The van der Waals surface area contributed by atoms with Gasteiger partial charge < -0.3 is 0 Å². The summed E-state index contributed by atoms with van der Waals surface area (Å²) in [6, 6.07) is 7.40. The number of benzene rings is 1. The number of nitrogens with zero attached hydrogens (tertiary/aromatic N) is 1. The van der Waals surface area contributed by atoms with Gasteiger partial charge in [-0.25, -0.2) is 0 Å². The molecule has 0 amide bonds. The summed E-state index contributed by atoms with van der Waals surface area (Å²) >= 11 is 0. The molecule has 74 valence electrons. The number of aliphatic imine (C=N–C) groups is 1. The molecule has 2 nitrogen and oxygen atoms in total. The summed E-state index contributed by atoms with van der Waals surface area (Å²) < 4.78 is 0. The lowest BCUT2D eigenvalue weighted by Gasteiger charge is -1.99. The Hall–Kier alpha value is -1.44. The average Bonchev–Trinajstić information content (AvgIpc) is 2.18. The molecule has 0 N–H and O–H groups in total. The van der Waals surface area contributed by atoms with Gasteiger partial charge in [-0.2, -0.15) is 0 Å². The van der Waals surface area contributed by atoms with E-state index in [0.29, 0.717) is 0 Å². The van der Waals surface area contributed by atoms with Crippen LogP contribution in [-0.4, -0.2) is 11.5 Å². The Bertz CT molecular complexity index is 366. The molecule has 0 saturated carbocycles. The van der Waals surface area contributed by atoms with E-state index in [0.717, 1.165) is 23.4 Å². The third-order valence-corrected chi connectivity index (χ3v) is 2.08. The van der Waals surface area contributed by atoms with Gasteiger partial charge in [0.2, 0.25) is 0 Å². The van der Waals surface area contributed by atoms with Crippen LogP contribution in [0.2, 0.25) is 0 Å². The zero-order chi connectivity index (χ0) is 10.6. The molecule has 1 aromatic carbocycles. The number of carbonyl (C=O) groups is 1. The second-order valence-electron chi connectivity index (χ2n) is 3.31. The van der Waals surface area contributed by atoms with Gasteiger partial charge >= 0.3 is 0 Å². The van der Waals surface area contributed by atoms with E-state index >= 15 is 0 Å². The molecule has 0 bridgehead atoms. The van der Waals surface area contributed by atoms with Crippen molar-refractivity contribution in [2.75, 3.05) is 0 Å². The fourth-order valence-electron chi connectivity index (χ4n) is 1.09. The van der Waals surface area contributed by atoms with Crippen molar-refractivity contribution in [2.24, 2.45) is 4.99 Å². The van der Waals surface area contributed by atoms with Gasteiger partial charge in [0.15, 0.2) is 5.78 Å². The Morgan fingerprint density at radius 1 is 1.36 bits per heavy atom. The van der Waals surface area contributed by atoms with E-state index in [2.05, 4.69) is 11.9 Å². The maximum Gasteiger partial charge on any atom is 0.159 e. The minimum absolute atomic E-state index is 0.0798. The topological polar surface area (TPSA) is 29.4 Å². The van der Waals surface area contributed by atoms with Crippen LogP contribution in [-0.2, 0) is 0 Å². The Labute approximate surface area is 84.7 Å². The second-order valence-corrected chi connectivity index (χ2v) is 3.31. The Morgan fingerprint density at radius 3 is 2.64 bits per heavy atom. The van der Waals surface area contributed by atoms with Crippen LogP contribution in [0.5, 0.6) is 0 Å². The smallest absolute Gasteiger partial charge is 0.159 e. The normalized spacial score (nSPS) is 11.5. The summed E-state index contributed by atoms with van der Waals surface area (Å²) in [5.41, 5.74) is 2.65. The molecule has 0 unspecified atom stereocenters. The standard InChI is InChI=1S/C12H15NO/c1-4-9(2)13-12-7-5-6-11(8-12)10(3)14/h5-8H,4H2,1-3H3/b13-9+. The number of ketones is 1. The summed E-state index contributed by atoms with van der Waals surface area (Å²) in [5, 5.41) is 0. The summed E-state index contributed by atoms with van der Waals surface area (Å²) in [6.07, 6.45) is 0.935. The minimum atomic E-state index is 0.0798. The molecule has 0 aliphatic rings. The van der Waals surface area contributed by atoms with Gasteiger partial charge in [-0.1, -0.05) is 19.1 Å². The third kappa shape index (κ3) is 2.80. The molecule has 0 radical (unpaired) electrons. The molecule has 14 heavy (non-hydrogen) atoms. The van der Waals surface area contributed by atoms with Crippen LogP contribution in [0, 0.1) is 0 Å². The van der Waals surface area contributed by atoms with E-state index in [1.54, 1.807) is 6.92 Å². The lowest BCUT2D eigenvalue weighted by Crippen LogP contribution is -1.91. The van der Waals surface area contributed by atoms with Crippen molar-refractivity contribution >= 4 is 17.2 Å². The van der Waals surface area contributed by atoms with Crippen molar-refractivity contribution < 1.29 is 4.79 Å². The molecule has 0 saturated heterocycles. The van der Waals surface area contributed by atoms with Gasteiger partial charge in [0, 0.05) is 11.3 Å². The van der Waals surface area contributed by atoms with Gasteiger partial charge in [0.1, 0.15) is 0 Å². The second kappa shape index (κ2) is 4.70. The van der Waals surface area contributed by atoms with Crippen molar-refractivity contribution in [2.45, 2.75) is 27.2 Å². The third-order valence-electron chi connectivity index (χ3n) is 2.08. The molecular formula is C12H15NO. The molecule has 2 heteroatoms. The first-order chi connectivity index (χ1) is 6.63. The van der Waals surface area contributed by atoms with E-state index in [1.165, 1.54) is 0 Å². The number of rotatable bonds is 3. The van der Waals surface area contributed by atoms with Gasteiger partial charge in [-0.05, 0) is 32.4 Å². The van der Waals surface area contributed by atoms with Crippen LogP contribution in [0.3, 0.4) is 0 Å². The highest BCUT2D eigenvalue weighted by molar-refractivity contribution is 5.95. The summed E-state index contributed by atoms with van der Waals surface area (Å²) in [7, 11) is 0. The molecule has 0 aliphatic carbocycles. The summed E-state index contributed by atoms with van der Waals surface area (Å²) in [5.74, 6) is 0.0798.